The number of carbonyl (C=O) groups is 2. The van der Waals surface area contributed by atoms with Crippen LogP contribution in [0.2, 0.25) is 0 Å². The van der Waals surface area contributed by atoms with E-state index in [0.29, 0.717) is 37.8 Å². The minimum Gasteiger partial charge on any atom is -0.355 e. The van der Waals surface area contributed by atoms with Crippen LogP contribution < -0.4 is 11.1 Å². The molecule has 1 aromatic heterocycles. The van der Waals surface area contributed by atoms with E-state index < -0.39 is 6.03 Å². The zero-order valence-corrected chi connectivity index (χ0v) is 13.9. The highest BCUT2D eigenvalue weighted by molar-refractivity contribution is 5.80. The van der Waals surface area contributed by atoms with Gasteiger partial charge in [0.05, 0.1) is 5.92 Å². The summed E-state index contributed by atoms with van der Waals surface area (Å²) in [5, 5.41) is 6.90. The van der Waals surface area contributed by atoms with Crippen LogP contribution in [0, 0.1) is 5.92 Å². The summed E-state index contributed by atoms with van der Waals surface area (Å²) in [6.07, 6.45) is 6.82. The fourth-order valence-electron chi connectivity index (χ4n) is 3.54. The van der Waals surface area contributed by atoms with Crippen molar-refractivity contribution < 1.29 is 14.1 Å². The number of hydrogen-bond acceptors (Lipinski definition) is 5. The van der Waals surface area contributed by atoms with Crippen molar-refractivity contribution in [3.8, 4) is 0 Å². The zero-order valence-electron chi connectivity index (χ0n) is 13.9. The van der Waals surface area contributed by atoms with Gasteiger partial charge < -0.3 is 20.5 Å². The number of piperidine rings is 1. The summed E-state index contributed by atoms with van der Waals surface area (Å²) in [6.45, 7) is 1.50. The van der Waals surface area contributed by atoms with Crippen LogP contribution in [0.25, 0.3) is 0 Å². The van der Waals surface area contributed by atoms with Gasteiger partial charge in [-0.3, -0.25) is 4.79 Å². The number of aromatic nitrogens is 2. The van der Waals surface area contributed by atoms with E-state index in [1.54, 1.807) is 0 Å². The molecular weight excluding hydrogens is 310 g/mol. The Morgan fingerprint density at radius 3 is 2.79 bits per heavy atom. The van der Waals surface area contributed by atoms with Crippen molar-refractivity contribution >= 4 is 11.9 Å². The fraction of sp³-hybridized carbons (Fsp3) is 0.750. The Kier molecular flexibility index (Phi) is 5.32. The topological polar surface area (TPSA) is 114 Å². The molecule has 1 saturated carbocycles. The molecule has 132 valence electrons. The molecule has 0 bridgehead atoms. The average Bonchev–Trinajstić information content (AvgIpc) is 3.26. The standard InChI is InChI=1S/C16H25N5O3/c17-16(23)21-9-3-6-12(10-21)14(22)18-8-7-13-19-15(24-20-13)11-4-1-2-5-11/h11-12H,1-10H2,(H2,17,23)(H,18,22)/t12-/m1/s1. The van der Waals surface area contributed by atoms with Gasteiger partial charge in [-0.25, -0.2) is 4.79 Å². The Labute approximate surface area is 141 Å². The Hall–Kier alpha value is -2.12. The molecule has 0 radical (unpaired) electrons. The Bertz CT molecular complexity index is 582. The molecule has 3 amide bonds. The number of likely N-dealkylation sites (tertiary alicyclic amines) is 1. The monoisotopic (exact) mass is 335 g/mol. The molecule has 0 unspecified atom stereocenters. The summed E-state index contributed by atoms with van der Waals surface area (Å²) in [5.41, 5.74) is 5.29. The lowest BCUT2D eigenvalue weighted by molar-refractivity contribution is -0.126. The first-order valence-corrected chi connectivity index (χ1v) is 8.78. The molecule has 8 nitrogen and oxygen atoms in total. The third-order valence-electron chi connectivity index (χ3n) is 4.94. The first kappa shape index (κ1) is 16.7. The average molecular weight is 335 g/mol. The number of urea groups is 1. The lowest BCUT2D eigenvalue weighted by atomic mass is 9.97. The molecule has 2 heterocycles. The normalized spacial score (nSPS) is 21.8. The van der Waals surface area contributed by atoms with Gasteiger partial charge in [0.2, 0.25) is 11.8 Å². The molecule has 1 aliphatic carbocycles. The maximum Gasteiger partial charge on any atom is 0.314 e. The molecule has 24 heavy (non-hydrogen) atoms. The number of nitrogens with one attached hydrogen (secondary N) is 1. The van der Waals surface area contributed by atoms with Gasteiger partial charge in [0.25, 0.3) is 0 Å². The van der Waals surface area contributed by atoms with Crippen molar-refractivity contribution in [1.82, 2.24) is 20.4 Å². The van der Waals surface area contributed by atoms with Gasteiger partial charge in [-0.05, 0) is 25.7 Å². The van der Waals surface area contributed by atoms with Crippen LogP contribution in [-0.4, -0.2) is 46.6 Å². The maximum absolute atomic E-state index is 12.2. The molecule has 2 aliphatic rings. The van der Waals surface area contributed by atoms with Crippen molar-refractivity contribution in [3.05, 3.63) is 11.7 Å². The highest BCUT2D eigenvalue weighted by atomic mass is 16.5. The van der Waals surface area contributed by atoms with Gasteiger partial charge in [-0.15, -0.1) is 0 Å². The highest BCUT2D eigenvalue weighted by Gasteiger charge is 2.27. The van der Waals surface area contributed by atoms with Gasteiger partial charge in [0, 0.05) is 32.0 Å². The number of primary amides is 1. The van der Waals surface area contributed by atoms with Crippen molar-refractivity contribution in [2.75, 3.05) is 19.6 Å². The number of nitrogens with two attached hydrogens (primary N) is 1. The zero-order chi connectivity index (χ0) is 16.9. The minimum atomic E-state index is -0.460. The van der Waals surface area contributed by atoms with Crippen LogP contribution in [0.15, 0.2) is 4.52 Å². The second-order valence-electron chi connectivity index (χ2n) is 6.69. The molecule has 3 rings (SSSR count). The Balaban J connectivity index is 1.42. The van der Waals surface area contributed by atoms with E-state index in [4.69, 9.17) is 10.3 Å². The van der Waals surface area contributed by atoms with Gasteiger partial charge in [-0.2, -0.15) is 4.98 Å². The summed E-state index contributed by atoms with van der Waals surface area (Å²) >= 11 is 0. The third kappa shape index (κ3) is 4.04. The van der Waals surface area contributed by atoms with E-state index in [1.807, 2.05) is 0 Å². The number of amides is 3. The molecule has 2 fully saturated rings. The van der Waals surface area contributed by atoms with Gasteiger partial charge in [0.1, 0.15) is 0 Å². The molecule has 1 atom stereocenters. The van der Waals surface area contributed by atoms with E-state index in [0.717, 1.165) is 31.6 Å². The molecule has 1 saturated heterocycles. The molecule has 8 heteroatoms. The van der Waals surface area contributed by atoms with E-state index >= 15 is 0 Å². The van der Waals surface area contributed by atoms with Crippen LogP contribution in [-0.2, 0) is 11.2 Å². The second kappa shape index (κ2) is 7.63. The van der Waals surface area contributed by atoms with Crippen molar-refractivity contribution in [3.63, 3.8) is 0 Å². The predicted octanol–water partition coefficient (Wildman–Crippen LogP) is 1.18. The van der Waals surface area contributed by atoms with E-state index in [9.17, 15) is 9.59 Å². The summed E-state index contributed by atoms with van der Waals surface area (Å²) in [7, 11) is 0. The highest BCUT2D eigenvalue weighted by Crippen LogP contribution is 2.32. The number of hydrogen-bond donors (Lipinski definition) is 2. The van der Waals surface area contributed by atoms with Crippen LogP contribution >= 0.6 is 0 Å². The van der Waals surface area contributed by atoms with Crippen LogP contribution in [0.3, 0.4) is 0 Å². The van der Waals surface area contributed by atoms with Crippen molar-refractivity contribution in [2.45, 2.75) is 50.9 Å². The summed E-state index contributed by atoms with van der Waals surface area (Å²) in [6, 6.07) is -0.460. The maximum atomic E-state index is 12.2. The Morgan fingerprint density at radius 1 is 1.25 bits per heavy atom. The van der Waals surface area contributed by atoms with Gasteiger partial charge in [-0.1, -0.05) is 18.0 Å². The SMILES string of the molecule is NC(=O)N1CCC[C@@H](C(=O)NCCc2noc(C3CCCC3)n2)C1. The molecular formula is C16H25N5O3. The molecule has 0 aromatic carbocycles. The van der Waals surface area contributed by atoms with E-state index in [2.05, 4.69) is 15.5 Å². The largest absolute Gasteiger partial charge is 0.355 e. The quantitative estimate of drug-likeness (QED) is 0.838. The van der Waals surface area contributed by atoms with Crippen LogP contribution in [0.1, 0.15) is 56.2 Å². The van der Waals surface area contributed by atoms with Gasteiger partial charge >= 0.3 is 6.03 Å². The predicted molar refractivity (Wildman–Crippen MR) is 86.1 cm³/mol. The molecule has 3 N–H and O–H groups in total. The Morgan fingerprint density at radius 2 is 2.04 bits per heavy atom. The second-order valence-corrected chi connectivity index (χ2v) is 6.69. The number of rotatable bonds is 5. The van der Waals surface area contributed by atoms with Gasteiger partial charge in [0.15, 0.2) is 5.82 Å². The lowest BCUT2D eigenvalue weighted by Gasteiger charge is -2.30. The minimum absolute atomic E-state index is 0.0412. The van der Waals surface area contributed by atoms with Crippen molar-refractivity contribution in [2.24, 2.45) is 11.7 Å². The lowest BCUT2D eigenvalue weighted by Crippen LogP contribution is -2.47. The van der Waals surface area contributed by atoms with E-state index in [1.165, 1.54) is 17.7 Å². The third-order valence-corrected chi connectivity index (χ3v) is 4.94. The molecule has 1 aromatic rings. The van der Waals surface area contributed by atoms with Crippen LogP contribution in [0.4, 0.5) is 4.79 Å². The first-order valence-electron chi connectivity index (χ1n) is 8.78. The van der Waals surface area contributed by atoms with Crippen LogP contribution in [0.5, 0.6) is 0 Å². The summed E-state index contributed by atoms with van der Waals surface area (Å²) in [5.74, 6) is 1.55. The summed E-state index contributed by atoms with van der Waals surface area (Å²) < 4.78 is 5.33. The smallest absolute Gasteiger partial charge is 0.314 e. The molecule has 0 spiro atoms. The molecule has 1 aliphatic heterocycles. The first-order chi connectivity index (χ1) is 11.6. The van der Waals surface area contributed by atoms with E-state index in [-0.39, 0.29) is 11.8 Å². The number of nitrogens with zero attached hydrogens (tertiary/aromatic N) is 3. The van der Waals surface area contributed by atoms with Crippen molar-refractivity contribution in [1.29, 1.82) is 0 Å². The number of carbonyl (C=O) groups excluding carboxylic acids is 2. The summed E-state index contributed by atoms with van der Waals surface area (Å²) in [4.78, 5) is 29.4. The fourth-order valence-corrected chi connectivity index (χ4v) is 3.54.